The number of benzene rings is 1. The third-order valence-corrected chi connectivity index (χ3v) is 6.47. The van der Waals surface area contributed by atoms with Gasteiger partial charge < -0.3 is 24.4 Å². The first-order chi connectivity index (χ1) is 16.4. The molecule has 9 nitrogen and oxygen atoms in total. The number of nitrogens with zero attached hydrogens (tertiary/aromatic N) is 6. The standard InChI is InChI=1S/C25H38N6O3/c1-28(2)23-16-24(27-20-26-23)31-9-8-25(32,19-31)18-29(3)17-21-4-6-22(7-5-21)34-15-12-30-10-13-33-14-11-30/h4-7,16,20,32H,8-15,17-19H2,1-3H3. The maximum absolute atomic E-state index is 11.2. The highest BCUT2D eigenvalue weighted by molar-refractivity contribution is 5.50. The molecule has 1 atom stereocenters. The number of aliphatic hydroxyl groups is 1. The van der Waals surface area contributed by atoms with E-state index < -0.39 is 5.60 Å². The Morgan fingerprint density at radius 1 is 1.09 bits per heavy atom. The van der Waals surface area contributed by atoms with Gasteiger partial charge >= 0.3 is 0 Å². The second-order valence-electron chi connectivity index (χ2n) is 9.64. The average Bonchev–Trinajstić information content (AvgIpc) is 3.22. The fraction of sp³-hybridized carbons (Fsp3) is 0.600. The summed E-state index contributed by atoms with van der Waals surface area (Å²) in [6.45, 7) is 7.92. The van der Waals surface area contributed by atoms with Crippen molar-refractivity contribution < 1.29 is 14.6 Å². The Balaban J connectivity index is 1.23. The lowest BCUT2D eigenvalue weighted by molar-refractivity contribution is 0.0279. The van der Waals surface area contributed by atoms with Crippen LogP contribution in [0.15, 0.2) is 36.7 Å². The van der Waals surface area contributed by atoms with Gasteiger partial charge in [0, 0.05) is 66.0 Å². The number of anilines is 2. The van der Waals surface area contributed by atoms with E-state index in [-0.39, 0.29) is 0 Å². The third kappa shape index (κ3) is 6.79. The molecule has 186 valence electrons. The monoisotopic (exact) mass is 470 g/mol. The van der Waals surface area contributed by atoms with Crippen molar-refractivity contribution in [1.29, 1.82) is 0 Å². The van der Waals surface area contributed by atoms with Gasteiger partial charge in [-0.25, -0.2) is 9.97 Å². The maximum Gasteiger partial charge on any atom is 0.134 e. The van der Waals surface area contributed by atoms with Crippen molar-refractivity contribution in [3.8, 4) is 5.75 Å². The Morgan fingerprint density at radius 3 is 2.59 bits per heavy atom. The smallest absolute Gasteiger partial charge is 0.134 e. The van der Waals surface area contributed by atoms with Crippen LogP contribution in [0.4, 0.5) is 11.6 Å². The minimum Gasteiger partial charge on any atom is -0.492 e. The summed E-state index contributed by atoms with van der Waals surface area (Å²) in [5.74, 6) is 2.62. The fourth-order valence-corrected chi connectivity index (χ4v) is 4.61. The molecule has 4 rings (SSSR count). The first-order valence-corrected chi connectivity index (χ1v) is 12.1. The molecule has 2 fully saturated rings. The zero-order valence-electron chi connectivity index (χ0n) is 20.7. The molecule has 34 heavy (non-hydrogen) atoms. The number of hydrogen-bond donors (Lipinski definition) is 1. The summed E-state index contributed by atoms with van der Waals surface area (Å²) >= 11 is 0. The van der Waals surface area contributed by atoms with Crippen LogP contribution in [0.5, 0.6) is 5.75 Å². The molecule has 2 saturated heterocycles. The predicted molar refractivity (Wildman–Crippen MR) is 134 cm³/mol. The molecule has 2 aliphatic heterocycles. The van der Waals surface area contributed by atoms with Gasteiger partial charge in [-0.2, -0.15) is 0 Å². The van der Waals surface area contributed by atoms with Crippen LogP contribution in [0.3, 0.4) is 0 Å². The second kappa shape index (κ2) is 11.3. The SMILES string of the molecule is CN(Cc1ccc(OCCN2CCOCC2)cc1)CC1(O)CCN(c2cc(N(C)C)ncn2)C1. The summed E-state index contributed by atoms with van der Waals surface area (Å²) in [4.78, 5) is 17.4. The summed E-state index contributed by atoms with van der Waals surface area (Å²) in [6, 6.07) is 10.3. The first kappa shape index (κ1) is 24.7. The normalized spacial score (nSPS) is 21.3. The summed E-state index contributed by atoms with van der Waals surface area (Å²) < 4.78 is 11.3. The van der Waals surface area contributed by atoms with Crippen LogP contribution in [0.1, 0.15) is 12.0 Å². The third-order valence-electron chi connectivity index (χ3n) is 6.47. The molecular weight excluding hydrogens is 432 g/mol. The number of ether oxygens (including phenoxy) is 2. The van der Waals surface area contributed by atoms with Crippen LogP contribution in [0, 0.1) is 0 Å². The Kier molecular flexibility index (Phi) is 8.20. The van der Waals surface area contributed by atoms with E-state index in [9.17, 15) is 5.11 Å². The quantitative estimate of drug-likeness (QED) is 0.553. The zero-order valence-corrected chi connectivity index (χ0v) is 20.7. The van der Waals surface area contributed by atoms with Crippen molar-refractivity contribution in [3.05, 3.63) is 42.2 Å². The van der Waals surface area contributed by atoms with E-state index in [1.807, 2.05) is 37.2 Å². The molecule has 9 heteroatoms. The molecule has 1 aromatic heterocycles. The van der Waals surface area contributed by atoms with Crippen LogP contribution < -0.4 is 14.5 Å². The topological polar surface area (TPSA) is 77.4 Å². The number of rotatable bonds is 10. The first-order valence-electron chi connectivity index (χ1n) is 12.1. The van der Waals surface area contributed by atoms with Crippen molar-refractivity contribution in [3.63, 3.8) is 0 Å². The molecule has 0 saturated carbocycles. The minimum absolute atomic E-state index is 0.567. The molecule has 0 amide bonds. The largest absolute Gasteiger partial charge is 0.492 e. The van der Waals surface area contributed by atoms with Crippen LogP contribution in [-0.2, 0) is 11.3 Å². The molecule has 1 aromatic carbocycles. The summed E-state index contributed by atoms with van der Waals surface area (Å²) in [7, 11) is 5.99. The number of likely N-dealkylation sites (N-methyl/N-ethyl adjacent to an activating group) is 1. The van der Waals surface area contributed by atoms with Gasteiger partial charge in [0.25, 0.3) is 0 Å². The molecule has 0 bridgehead atoms. The summed E-state index contributed by atoms with van der Waals surface area (Å²) in [5, 5.41) is 11.2. The van der Waals surface area contributed by atoms with E-state index in [0.717, 1.165) is 63.3 Å². The van der Waals surface area contributed by atoms with Gasteiger partial charge in [-0.1, -0.05) is 12.1 Å². The molecule has 0 radical (unpaired) electrons. The van der Waals surface area contributed by atoms with E-state index in [0.29, 0.717) is 26.1 Å². The fourth-order valence-electron chi connectivity index (χ4n) is 4.61. The van der Waals surface area contributed by atoms with E-state index >= 15 is 0 Å². The zero-order chi connectivity index (χ0) is 24.0. The van der Waals surface area contributed by atoms with Gasteiger partial charge in [-0.05, 0) is 31.2 Å². The van der Waals surface area contributed by atoms with E-state index in [1.165, 1.54) is 5.56 Å². The van der Waals surface area contributed by atoms with Crippen LogP contribution in [-0.4, -0.2) is 111 Å². The van der Waals surface area contributed by atoms with Gasteiger partial charge in [0.2, 0.25) is 0 Å². The van der Waals surface area contributed by atoms with Gasteiger partial charge in [0.05, 0.1) is 18.8 Å². The average molecular weight is 471 g/mol. The highest BCUT2D eigenvalue weighted by atomic mass is 16.5. The lowest BCUT2D eigenvalue weighted by Crippen LogP contribution is -2.43. The predicted octanol–water partition coefficient (Wildman–Crippen LogP) is 1.33. The summed E-state index contributed by atoms with van der Waals surface area (Å²) in [5.41, 5.74) is 0.438. The highest BCUT2D eigenvalue weighted by Crippen LogP contribution is 2.28. The van der Waals surface area contributed by atoms with Gasteiger partial charge in [-0.3, -0.25) is 9.80 Å². The Hall–Kier alpha value is -2.46. The summed E-state index contributed by atoms with van der Waals surface area (Å²) in [6.07, 6.45) is 2.30. The molecule has 3 heterocycles. The maximum atomic E-state index is 11.2. The van der Waals surface area contributed by atoms with Crippen molar-refractivity contribution >= 4 is 11.6 Å². The Morgan fingerprint density at radius 2 is 1.85 bits per heavy atom. The highest BCUT2D eigenvalue weighted by Gasteiger charge is 2.37. The molecule has 0 aliphatic carbocycles. The van der Waals surface area contributed by atoms with Crippen molar-refractivity contribution in [2.45, 2.75) is 18.6 Å². The van der Waals surface area contributed by atoms with Crippen LogP contribution in [0.25, 0.3) is 0 Å². The van der Waals surface area contributed by atoms with E-state index in [2.05, 4.69) is 43.8 Å². The molecular formula is C25H38N6O3. The second-order valence-corrected chi connectivity index (χ2v) is 9.64. The lowest BCUT2D eigenvalue weighted by Gasteiger charge is -2.29. The number of hydrogen-bond acceptors (Lipinski definition) is 9. The van der Waals surface area contributed by atoms with Gasteiger partial charge in [0.1, 0.15) is 30.3 Å². The minimum atomic E-state index is -0.763. The molecule has 0 spiro atoms. The number of aromatic nitrogens is 2. The van der Waals surface area contributed by atoms with Gasteiger partial charge in [0.15, 0.2) is 0 Å². The van der Waals surface area contributed by atoms with Crippen molar-refractivity contribution in [2.24, 2.45) is 0 Å². The molecule has 1 unspecified atom stereocenters. The van der Waals surface area contributed by atoms with Crippen LogP contribution >= 0.6 is 0 Å². The number of β-amino-alcohol motifs (C(OH)–C–C–N with tert-alkyl or cyclic N) is 1. The lowest BCUT2D eigenvalue weighted by atomic mass is 10.0. The number of morpholine rings is 1. The van der Waals surface area contributed by atoms with Crippen molar-refractivity contribution in [1.82, 2.24) is 19.8 Å². The van der Waals surface area contributed by atoms with Crippen LogP contribution in [0.2, 0.25) is 0 Å². The Labute approximate surface area is 202 Å². The van der Waals surface area contributed by atoms with E-state index in [4.69, 9.17) is 9.47 Å². The molecule has 2 aliphatic rings. The Bertz CT molecular complexity index is 906. The van der Waals surface area contributed by atoms with Gasteiger partial charge in [-0.15, -0.1) is 0 Å². The molecule has 2 aromatic rings. The van der Waals surface area contributed by atoms with Crippen molar-refractivity contribution in [2.75, 3.05) is 90.0 Å². The van der Waals surface area contributed by atoms with E-state index in [1.54, 1.807) is 6.33 Å². The molecule has 1 N–H and O–H groups in total.